The Morgan fingerprint density at radius 2 is 2.15 bits per heavy atom. The third-order valence-corrected chi connectivity index (χ3v) is 3.36. The summed E-state index contributed by atoms with van der Waals surface area (Å²) in [6.07, 6.45) is 1.97. The van der Waals surface area contributed by atoms with Gasteiger partial charge in [0.05, 0.1) is 6.42 Å². The van der Waals surface area contributed by atoms with Gasteiger partial charge in [-0.25, -0.2) is 4.98 Å². The number of aromatic nitrogens is 1. The average Bonchev–Trinajstić information content (AvgIpc) is 2.80. The second-order valence-electron chi connectivity index (χ2n) is 5.19. The van der Waals surface area contributed by atoms with Crippen LogP contribution in [0.3, 0.4) is 0 Å². The minimum Gasteiger partial charge on any atom is -0.457 e. The van der Waals surface area contributed by atoms with Crippen LogP contribution in [0.1, 0.15) is 30.9 Å². The maximum atomic E-state index is 11.4. The Balaban J connectivity index is 1.91. The van der Waals surface area contributed by atoms with E-state index >= 15 is 0 Å². The molecule has 0 bridgehead atoms. The number of carbonyl (C=O) groups is 1. The molecule has 0 aliphatic carbocycles. The molecule has 0 fully saturated rings. The van der Waals surface area contributed by atoms with Gasteiger partial charge in [-0.3, -0.25) is 4.79 Å². The van der Waals surface area contributed by atoms with Crippen LogP contribution in [0.2, 0.25) is 0 Å². The fourth-order valence-electron chi connectivity index (χ4n) is 2.25. The highest BCUT2D eigenvalue weighted by atomic mass is 16.5. The molecule has 20 heavy (non-hydrogen) atoms. The quantitative estimate of drug-likeness (QED) is 0.927. The van der Waals surface area contributed by atoms with Crippen LogP contribution in [-0.2, 0) is 11.2 Å². The highest BCUT2D eigenvalue weighted by molar-refractivity contribution is 5.98. The topological polar surface area (TPSA) is 51.2 Å². The Hall–Kier alpha value is -2.36. The Morgan fingerprint density at radius 1 is 1.30 bits per heavy atom. The molecule has 4 nitrogen and oxygen atoms in total. The summed E-state index contributed by atoms with van der Waals surface area (Å²) in [5.41, 5.74) is 2.05. The molecule has 0 saturated carbocycles. The molecule has 1 aromatic heterocycles. The van der Waals surface area contributed by atoms with Crippen molar-refractivity contribution in [3.05, 3.63) is 47.7 Å². The SMILES string of the molecule is CC(C)c1cccc(Oc2ccnc3c2CC(=O)N3)c1. The number of hydrogen-bond donors (Lipinski definition) is 1. The van der Waals surface area contributed by atoms with Crippen LogP contribution in [0.5, 0.6) is 11.5 Å². The third kappa shape index (κ3) is 2.37. The van der Waals surface area contributed by atoms with Gasteiger partial charge in [-0.2, -0.15) is 0 Å². The van der Waals surface area contributed by atoms with Gasteiger partial charge in [0, 0.05) is 11.8 Å². The normalized spacial score (nSPS) is 13.2. The van der Waals surface area contributed by atoms with E-state index in [2.05, 4.69) is 30.2 Å². The Kier molecular flexibility index (Phi) is 3.14. The fraction of sp³-hybridized carbons (Fsp3) is 0.250. The zero-order chi connectivity index (χ0) is 14.1. The van der Waals surface area contributed by atoms with Gasteiger partial charge in [-0.05, 0) is 29.7 Å². The number of pyridine rings is 1. The minimum atomic E-state index is -0.0421. The highest BCUT2D eigenvalue weighted by Gasteiger charge is 2.23. The molecule has 4 heteroatoms. The van der Waals surface area contributed by atoms with E-state index in [1.54, 1.807) is 12.3 Å². The lowest BCUT2D eigenvalue weighted by atomic mass is 10.0. The smallest absolute Gasteiger partial charge is 0.230 e. The van der Waals surface area contributed by atoms with Crippen LogP contribution in [-0.4, -0.2) is 10.9 Å². The number of fused-ring (bicyclic) bond motifs is 1. The Morgan fingerprint density at radius 3 is 2.95 bits per heavy atom. The molecule has 0 saturated heterocycles. The zero-order valence-corrected chi connectivity index (χ0v) is 11.5. The van der Waals surface area contributed by atoms with Crippen molar-refractivity contribution in [3.8, 4) is 11.5 Å². The van der Waals surface area contributed by atoms with E-state index in [1.807, 2.05) is 18.2 Å². The summed E-state index contributed by atoms with van der Waals surface area (Å²) in [7, 11) is 0. The summed E-state index contributed by atoms with van der Waals surface area (Å²) in [5.74, 6) is 2.48. The van der Waals surface area contributed by atoms with Crippen LogP contribution < -0.4 is 10.1 Å². The van der Waals surface area contributed by atoms with E-state index in [4.69, 9.17) is 4.74 Å². The van der Waals surface area contributed by atoms with Gasteiger partial charge in [-0.1, -0.05) is 26.0 Å². The van der Waals surface area contributed by atoms with Crippen molar-refractivity contribution in [2.75, 3.05) is 5.32 Å². The van der Waals surface area contributed by atoms with Crippen LogP contribution in [0.15, 0.2) is 36.5 Å². The molecule has 0 atom stereocenters. The monoisotopic (exact) mass is 268 g/mol. The molecule has 3 rings (SSSR count). The van der Waals surface area contributed by atoms with E-state index in [-0.39, 0.29) is 5.91 Å². The lowest BCUT2D eigenvalue weighted by Gasteiger charge is -2.11. The standard InChI is InChI=1S/C16H16N2O2/c1-10(2)11-4-3-5-12(8-11)20-14-6-7-17-16-13(14)9-15(19)18-16/h3-8,10H,9H2,1-2H3,(H,17,18,19). The number of rotatable bonds is 3. The maximum absolute atomic E-state index is 11.4. The van der Waals surface area contributed by atoms with Crippen LogP contribution in [0, 0.1) is 0 Å². The first-order chi connectivity index (χ1) is 9.63. The lowest BCUT2D eigenvalue weighted by Crippen LogP contribution is -2.04. The largest absolute Gasteiger partial charge is 0.457 e. The highest BCUT2D eigenvalue weighted by Crippen LogP contribution is 2.33. The second-order valence-corrected chi connectivity index (χ2v) is 5.19. The summed E-state index contributed by atoms with van der Waals surface area (Å²) < 4.78 is 5.93. The van der Waals surface area contributed by atoms with Crippen molar-refractivity contribution in [2.45, 2.75) is 26.2 Å². The summed E-state index contributed by atoms with van der Waals surface area (Å²) in [5, 5.41) is 2.72. The minimum absolute atomic E-state index is 0.0421. The van der Waals surface area contributed by atoms with Crippen molar-refractivity contribution in [1.82, 2.24) is 4.98 Å². The van der Waals surface area contributed by atoms with E-state index in [0.717, 1.165) is 11.3 Å². The molecule has 1 aliphatic rings. The molecule has 102 valence electrons. The van der Waals surface area contributed by atoms with Crippen LogP contribution in [0.4, 0.5) is 5.82 Å². The number of ether oxygens (including phenoxy) is 1. The van der Waals surface area contributed by atoms with Crippen molar-refractivity contribution in [1.29, 1.82) is 0 Å². The summed E-state index contributed by atoms with van der Waals surface area (Å²) in [4.78, 5) is 15.6. The molecule has 1 amide bonds. The molecule has 2 aromatic rings. The lowest BCUT2D eigenvalue weighted by molar-refractivity contribution is -0.115. The van der Waals surface area contributed by atoms with Crippen molar-refractivity contribution in [3.63, 3.8) is 0 Å². The van der Waals surface area contributed by atoms with Crippen LogP contribution >= 0.6 is 0 Å². The Bertz CT molecular complexity index is 665. The van der Waals surface area contributed by atoms with Gasteiger partial charge < -0.3 is 10.1 Å². The second kappa shape index (κ2) is 4.96. The predicted molar refractivity (Wildman–Crippen MR) is 77.2 cm³/mol. The number of hydrogen-bond acceptors (Lipinski definition) is 3. The first-order valence-electron chi connectivity index (χ1n) is 6.69. The van der Waals surface area contributed by atoms with Crippen LogP contribution in [0.25, 0.3) is 0 Å². The first kappa shape index (κ1) is 12.7. The Labute approximate surface area is 117 Å². The van der Waals surface area contributed by atoms with Gasteiger partial charge in [0.2, 0.25) is 5.91 Å². The summed E-state index contributed by atoms with van der Waals surface area (Å²) >= 11 is 0. The third-order valence-electron chi connectivity index (χ3n) is 3.36. The molecule has 0 spiro atoms. The van der Waals surface area contributed by atoms with Gasteiger partial charge in [0.15, 0.2) is 0 Å². The predicted octanol–water partition coefficient (Wildman–Crippen LogP) is 3.49. The molecule has 1 aromatic carbocycles. The number of carbonyl (C=O) groups excluding carboxylic acids is 1. The summed E-state index contributed by atoms with van der Waals surface area (Å²) in [6.45, 7) is 4.29. The van der Waals surface area contributed by atoms with E-state index in [1.165, 1.54) is 5.56 Å². The number of nitrogens with one attached hydrogen (secondary N) is 1. The summed E-state index contributed by atoms with van der Waals surface area (Å²) in [6, 6.07) is 9.81. The van der Waals surface area contributed by atoms with Crippen molar-refractivity contribution in [2.24, 2.45) is 0 Å². The zero-order valence-electron chi connectivity index (χ0n) is 11.5. The molecule has 0 unspecified atom stereocenters. The van der Waals surface area contributed by atoms with Gasteiger partial charge in [-0.15, -0.1) is 0 Å². The molecule has 1 aliphatic heterocycles. The van der Waals surface area contributed by atoms with Gasteiger partial charge >= 0.3 is 0 Å². The van der Waals surface area contributed by atoms with Crippen molar-refractivity contribution >= 4 is 11.7 Å². The van der Waals surface area contributed by atoms with E-state index < -0.39 is 0 Å². The molecular weight excluding hydrogens is 252 g/mol. The molecule has 0 radical (unpaired) electrons. The molecular formula is C16H16N2O2. The molecule has 1 N–H and O–H groups in total. The first-order valence-corrected chi connectivity index (χ1v) is 6.69. The number of benzene rings is 1. The van der Waals surface area contributed by atoms with Crippen molar-refractivity contribution < 1.29 is 9.53 Å². The molecule has 2 heterocycles. The van der Waals surface area contributed by atoms with Gasteiger partial charge in [0.1, 0.15) is 17.3 Å². The number of amides is 1. The van der Waals surface area contributed by atoms with Gasteiger partial charge in [0.25, 0.3) is 0 Å². The number of nitrogens with zero attached hydrogens (tertiary/aromatic N) is 1. The van der Waals surface area contributed by atoms with E-state index in [0.29, 0.717) is 23.9 Å². The fourth-order valence-corrected chi connectivity index (χ4v) is 2.25. The maximum Gasteiger partial charge on any atom is 0.230 e. The number of anilines is 1. The van der Waals surface area contributed by atoms with E-state index in [9.17, 15) is 4.79 Å². The average molecular weight is 268 g/mol.